The Morgan fingerprint density at radius 2 is 1.96 bits per heavy atom. The van der Waals surface area contributed by atoms with Crippen LogP contribution < -0.4 is 10.2 Å². The van der Waals surface area contributed by atoms with E-state index >= 15 is 0 Å². The number of nitrogens with one attached hydrogen (secondary N) is 1. The van der Waals surface area contributed by atoms with Gasteiger partial charge in [-0.1, -0.05) is 26.0 Å². The van der Waals surface area contributed by atoms with E-state index in [1.54, 1.807) is 0 Å². The van der Waals surface area contributed by atoms with Crippen LogP contribution in [0.2, 0.25) is 0 Å². The molecular weight excluding hydrogens is 334 g/mol. The number of amides is 1. The zero-order valence-electron chi connectivity index (χ0n) is 15.7. The van der Waals surface area contributed by atoms with Crippen molar-refractivity contribution in [3.63, 3.8) is 0 Å². The van der Waals surface area contributed by atoms with Gasteiger partial charge in [-0.2, -0.15) is 0 Å². The van der Waals surface area contributed by atoms with Gasteiger partial charge in [0.2, 0.25) is 0 Å². The van der Waals surface area contributed by atoms with Crippen molar-refractivity contribution < 1.29 is 9.53 Å². The second-order valence-corrected chi connectivity index (χ2v) is 8.08. The minimum atomic E-state index is -0.313. The van der Waals surface area contributed by atoms with Gasteiger partial charge in [-0.25, -0.2) is 4.79 Å². The van der Waals surface area contributed by atoms with E-state index in [2.05, 4.69) is 53.2 Å². The van der Waals surface area contributed by atoms with Crippen molar-refractivity contribution >= 4 is 23.5 Å². The summed E-state index contributed by atoms with van der Waals surface area (Å²) in [7, 11) is 0. The van der Waals surface area contributed by atoms with Gasteiger partial charge in [0, 0.05) is 42.9 Å². The van der Waals surface area contributed by atoms with Gasteiger partial charge >= 0.3 is 6.09 Å². The van der Waals surface area contributed by atoms with Crippen molar-refractivity contribution in [3.05, 3.63) is 24.3 Å². The lowest BCUT2D eigenvalue weighted by Gasteiger charge is -2.37. The standard InChI is InChI=1S/C19H31N3O2S/c1-4-24-19(23)20-10-7-11-21-12-14-22(15-13-21)17-8-5-6-9-18(17)25-16(2)3/h5-6,8-9,16H,4,7,10-15H2,1-3H3,(H,20,23). The number of ether oxygens (including phenoxy) is 1. The fraction of sp³-hybridized carbons (Fsp3) is 0.632. The van der Waals surface area contributed by atoms with E-state index in [-0.39, 0.29) is 6.09 Å². The lowest BCUT2D eigenvalue weighted by atomic mass is 10.2. The van der Waals surface area contributed by atoms with Gasteiger partial charge in [-0.05, 0) is 32.0 Å². The maximum Gasteiger partial charge on any atom is 0.407 e. The number of para-hydroxylation sites is 1. The number of hydrogen-bond acceptors (Lipinski definition) is 5. The first-order valence-electron chi connectivity index (χ1n) is 9.23. The zero-order chi connectivity index (χ0) is 18.1. The predicted molar refractivity (Wildman–Crippen MR) is 106 cm³/mol. The number of carbonyl (C=O) groups is 1. The Labute approximate surface area is 156 Å². The molecule has 0 aliphatic carbocycles. The second kappa shape index (κ2) is 10.6. The quantitative estimate of drug-likeness (QED) is 0.565. The van der Waals surface area contributed by atoms with Crippen LogP contribution in [0.1, 0.15) is 27.2 Å². The number of hydrogen-bond donors (Lipinski definition) is 1. The summed E-state index contributed by atoms with van der Waals surface area (Å²) in [5.74, 6) is 0. The van der Waals surface area contributed by atoms with Gasteiger partial charge in [-0.15, -0.1) is 11.8 Å². The number of benzene rings is 1. The molecule has 1 aliphatic rings. The summed E-state index contributed by atoms with van der Waals surface area (Å²) in [6.45, 7) is 12.7. The highest BCUT2D eigenvalue weighted by atomic mass is 32.2. The van der Waals surface area contributed by atoms with Crippen molar-refractivity contribution in [2.24, 2.45) is 0 Å². The maximum atomic E-state index is 11.2. The number of nitrogens with zero attached hydrogens (tertiary/aromatic N) is 2. The summed E-state index contributed by atoms with van der Waals surface area (Å²) in [6.07, 6.45) is 0.644. The van der Waals surface area contributed by atoms with Gasteiger partial charge in [0.05, 0.1) is 12.3 Å². The number of carbonyl (C=O) groups excluding carboxylic acids is 1. The Balaban J connectivity index is 1.74. The molecule has 0 bridgehead atoms. The third-order valence-electron chi connectivity index (χ3n) is 4.14. The van der Waals surface area contributed by atoms with Crippen LogP contribution in [0.3, 0.4) is 0 Å². The molecule has 6 heteroatoms. The molecule has 5 nitrogen and oxygen atoms in total. The van der Waals surface area contributed by atoms with Crippen molar-refractivity contribution in [2.75, 3.05) is 50.8 Å². The van der Waals surface area contributed by atoms with E-state index in [0.717, 1.165) is 39.1 Å². The maximum absolute atomic E-state index is 11.2. The fourth-order valence-corrected chi connectivity index (χ4v) is 3.94. The SMILES string of the molecule is CCOC(=O)NCCCN1CCN(c2ccccc2SC(C)C)CC1. The van der Waals surface area contributed by atoms with Crippen molar-refractivity contribution in [1.82, 2.24) is 10.2 Å². The van der Waals surface area contributed by atoms with Crippen LogP contribution in [0.4, 0.5) is 10.5 Å². The highest BCUT2D eigenvalue weighted by Crippen LogP contribution is 2.33. The van der Waals surface area contributed by atoms with Gasteiger partial charge in [-0.3, -0.25) is 4.90 Å². The molecule has 1 saturated heterocycles. The molecule has 0 radical (unpaired) electrons. The molecule has 0 spiro atoms. The Kier molecular flexibility index (Phi) is 8.41. The van der Waals surface area contributed by atoms with E-state index < -0.39 is 0 Å². The topological polar surface area (TPSA) is 44.8 Å². The molecule has 0 aromatic heterocycles. The van der Waals surface area contributed by atoms with Gasteiger partial charge < -0.3 is 15.0 Å². The molecule has 1 aliphatic heterocycles. The van der Waals surface area contributed by atoms with Crippen LogP contribution in [-0.2, 0) is 4.74 Å². The Bertz CT molecular complexity index is 531. The monoisotopic (exact) mass is 365 g/mol. The molecule has 1 fully saturated rings. The summed E-state index contributed by atoms with van der Waals surface area (Å²) in [5.41, 5.74) is 1.37. The molecule has 1 amide bonds. The van der Waals surface area contributed by atoms with Crippen LogP contribution >= 0.6 is 11.8 Å². The lowest BCUT2D eigenvalue weighted by molar-refractivity contribution is 0.151. The zero-order valence-corrected chi connectivity index (χ0v) is 16.5. The molecule has 1 N–H and O–H groups in total. The second-order valence-electron chi connectivity index (χ2n) is 6.46. The van der Waals surface area contributed by atoms with E-state index in [4.69, 9.17) is 4.74 Å². The van der Waals surface area contributed by atoms with E-state index in [0.29, 0.717) is 18.4 Å². The third kappa shape index (κ3) is 6.78. The normalized spacial score (nSPS) is 15.4. The lowest BCUT2D eigenvalue weighted by Crippen LogP contribution is -2.47. The highest BCUT2D eigenvalue weighted by molar-refractivity contribution is 8.00. The average Bonchev–Trinajstić information content (AvgIpc) is 2.60. The van der Waals surface area contributed by atoms with Crippen LogP contribution in [0.25, 0.3) is 0 Å². The minimum Gasteiger partial charge on any atom is -0.450 e. The third-order valence-corrected chi connectivity index (χ3v) is 5.21. The minimum absolute atomic E-state index is 0.313. The van der Waals surface area contributed by atoms with Crippen LogP contribution in [-0.4, -0.2) is 62.1 Å². The summed E-state index contributed by atoms with van der Waals surface area (Å²) < 4.78 is 4.86. The molecule has 0 saturated carbocycles. The molecule has 0 unspecified atom stereocenters. The smallest absolute Gasteiger partial charge is 0.407 e. The van der Waals surface area contributed by atoms with Crippen molar-refractivity contribution in [1.29, 1.82) is 0 Å². The first kappa shape index (κ1) is 19.9. The van der Waals surface area contributed by atoms with Crippen LogP contribution in [0.5, 0.6) is 0 Å². The average molecular weight is 366 g/mol. The molecule has 1 heterocycles. The number of thioether (sulfide) groups is 1. The molecule has 1 aromatic carbocycles. The molecule has 140 valence electrons. The Morgan fingerprint density at radius 3 is 2.64 bits per heavy atom. The summed E-state index contributed by atoms with van der Waals surface area (Å²) >= 11 is 1.94. The Hall–Kier alpha value is -1.40. The number of anilines is 1. The largest absolute Gasteiger partial charge is 0.450 e. The molecule has 1 aromatic rings. The van der Waals surface area contributed by atoms with E-state index in [9.17, 15) is 4.79 Å². The van der Waals surface area contributed by atoms with Gasteiger partial charge in [0.1, 0.15) is 0 Å². The molecule has 2 rings (SSSR count). The summed E-state index contributed by atoms with van der Waals surface area (Å²) in [6, 6.07) is 8.73. The number of alkyl carbamates (subject to hydrolysis) is 1. The number of piperazine rings is 1. The molecule has 25 heavy (non-hydrogen) atoms. The predicted octanol–water partition coefficient (Wildman–Crippen LogP) is 3.45. The van der Waals surface area contributed by atoms with E-state index in [1.165, 1.54) is 10.6 Å². The number of rotatable bonds is 8. The first-order chi connectivity index (χ1) is 12.1. The van der Waals surface area contributed by atoms with Crippen molar-refractivity contribution in [3.8, 4) is 0 Å². The van der Waals surface area contributed by atoms with Crippen LogP contribution in [0.15, 0.2) is 29.2 Å². The van der Waals surface area contributed by atoms with Gasteiger partial charge in [0.15, 0.2) is 0 Å². The molecule has 0 atom stereocenters. The highest BCUT2D eigenvalue weighted by Gasteiger charge is 2.19. The van der Waals surface area contributed by atoms with E-state index in [1.807, 2.05) is 18.7 Å². The first-order valence-corrected chi connectivity index (χ1v) is 10.1. The summed E-state index contributed by atoms with van der Waals surface area (Å²) in [5, 5.41) is 3.37. The molecular formula is C19H31N3O2S. The fourth-order valence-electron chi connectivity index (χ4n) is 2.96. The summed E-state index contributed by atoms with van der Waals surface area (Å²) in [4.78, 5) is 17.6. The van der Waals surface area contributed by atoms with Crippen LogP contribution in [0, 0.1) is 0 Å². The van der Waals surface area contributed by atoms with Crippen molar-refractivity contribution in [2.45, 2.75) is 37.3 Å². The van der Waals surface area contributed by atoms with Gasteiger partial charge in [0.25, 0.3) is 0 Å². The Morgan fingerprint density at radius 1 is 1.24 bits per heavy atom.